The van der Waals surface area contributed by atoms with E-state index in [4.69, 9.17) is 16.3 Å². The molecular weight excluding hydrogens is 552 g/mol. The molecule has 1 N–H and O–H groups in total. The fourth-order valence-corrected chi connectivity index (χ4v) is 4.07. The molecule has 2 heterocycles. The van der Waals surface area contributed by atoms with Gasteiger partial charge in [0.25, 0.3) is 5.91 Å². The Balaban J connectivity index is 1.67. The van der Waals surface area contributed by atoms with Crippen molar-refractivity contribution in [1.82, 2.24) is 20.2 Å². The van der Waals surface area contributed by atoms with Crippen molar-refractivity contribution in [3.63, 3.8) is 0 Å². The summed E-state index contributed by atoms with van der Waals surface area (Å²) >= 11 is 6.20. The molecule has 0 spiro atoms. The number of carbonyl (C=O) groups is 1. The summed E-state index contributed by atoms with van der Waals surface area (Å²) < 4.78 is 85.5. The number of halogens is 7. The minimum Gasteiger partial charge on any atom is -0.436 e. The molecule has 1 fully saturated rings. The van der Waals surface area contributed by atoms with Gasteiger partial charge in [0.15, 0.2) is 0 Å². The van der Waals surface area contributed by atoms with Crippen LogP contribution in [0.25, 0.3) is 0 Å². The summed E-state index contributed by atoms with van der Waals surface area (Å²) in [7, 11) is 1.24. The van der Waals surface area contributed by atoms with Gasteiger partial charge in [-0.1, -0.05) is 23.7 Å². The predicted molar refractivity (Wildman–Crippen MR) is 131 cm³/mol. The lowest BCUT2D eigenvalue weighted by atomic mass is 10.0. The van der Waals surface area contributed by atoms with Crippen LogP contribution in [-0.2, 0) is 18.9 Å². The van der Waals surface area contributed by atoms with Gasteiger partial charge in [-0.15, -0.1) is 0 Å². The van der Waals surface area contributed by atoms with Gasteiger partial charge < -0.3 is 19.9 Å². The summed E-state index contributed by atoms with van der Waals surface area (Å²) in [5.41, 5.74) is -3.46. The Hall–Kier alpha value is -3.58. The van der Waals surface area contributed by atoms with Crippen LogP contribution in [0.5, 0.6) is 11.6 Å². The lowest BCUT2D eigenvalue weighted by Gasteiger charge is -2.28. The lowest BCUT2D eigenvalue weighted by Crippen LogP contribution is -2.44. The van der Waals surface area contributed by atoms with Gasteiger partial charge in [-0.3, -0.25) is 4.79 Å². The van der Waals surface area contributed by atoms with Crippen molar-refractivity contribution in [1.29, 1.82) is 0 Å². The third kappa shape index (κ3) is 6.90. The lowest BCUT2D eigenvalue weighted by molar-refractivity contribution is -0.143. The maximum atomic E-state index is 13.4. The molecule has 0 unspecified atom stereocenters. The summed E-state index contributed by atoms with van der Waals surface area (Å²) in [6.07, 6.45) is -8.81. The number of anilines is 1. The van der Waals surface area contributed by atoms with Crippen LogP contribution in [0.15, 0.2) is 48.7 Å². The van der Waals surface area contributed by atoms with E-state index in [1.165, 1.54) is 13.2 Å². The first-order chi connectivity index (χ1) is 18.3. The fourth-order valence-electron chi connectivity index (χ4n) is 3.89. The summed E-state index contributed by atoms with van der Waals surface area (Å²) in [5.74, 6) is -0.475. The molecule has 3 aromatic rings. The SMILES string of the molecule is CN(Cc1cc(C(F)(F)F)cc(C(F)(F)F)c1)C(=O)c1cnc(N2CCNCC2)nc1Oc1ccccc1Cl. The summed E-state index contributed by atoms with van der Waals surface area (Å²) in [5, 5.41) is 3.42. The predicted octanol–water partition coefficient (Wildman–Crippen LogP) is 5.64. The zero-order valence-electron chi connectivity index (χ0n) is 20.4. The molecule has 1 saturated heterocycles. The van der Waals surface area contributed by atoms with Crippen LogP contribution in [0.2, 0.25) is 5.02 Å². The molecule has 0 aliphatic carbocycles. The highest BCUT2D eigenvalue weighted by molar-refractivity contribution is 6.32. The number of aromatic nitrogens is 2. The van der Waals surface area contributed by atoms with Gasteiger partial charge >= 0.3 is 12.4 Å². The van der Waals surface area contributed by atoms with E-state index in [9.17, 15) is 31.1 Å². The average molecular weight is 574 g/mol. The van der Waals surface area contributed by atoms with Gasteiger partial charge in [0.05, 0.1) is 16.1 Å². The van der Waals surface area contributed by atoms with Gasteiger partial charge in [0.1, 0.15) is 11.3 Å². The van der Waals surface area contributed by atoms with Crippen molar-refractivity contribution in [2.75, 3.05) is 38.1 Å². The molecule has 4 rings (SSSR count). The van der Waals surface area contributed by atoms with E-state index in [-0.39, 0.29) is 39.8 Å². The second-order valence-electron chi connectivity index (χ2n) is 8.73. The number of alkyl halides is 6. The van der Waals surface area contributed by atoms with E-state index in [0.29, 0.717) is 38.3 Å². The highest BCUT2D eigenvalue weighted by atomic mass is 35.5. The smallest absolute Gasteiger partial charge is 0.416 e. The highest BCUT2D eigenvalue weighted by Gasteiger charge is 2.37. The molecule has 0 bridgehead atoms. The van der Waals surface area contributed by atoms with E-state index in [2.05, 4.69) is 15.3 Å². The monoisotopic (exact) mass is 573 g/mol. The number of amides is 1. The van der Waals surface area contributed by atoms with Crippen molar-refractivity contribution < 1.29 is 35.9 Å². The van der Waals surface area contributed by atoms with Crippen LogP contribution in [0, 0.1) is 0 Å². The zero-order valence-corrected chi connectivity index (χ0v) is 21.2. The Morgan fingerprint density at radius 3 is 2.26 bits per heavy atom. The Morgan fingerprint density at radius 2 is 1.67 bits per heavy atom. The molecule has 39 heavy (non-hydrogen) atoms. The van der Waals surface area contributed by atoms with Crippen LogP contribution >= 0.6 is 11.6 Å². The number of piperazine rings is 1. The van der Waals surface area contributed by atoms with Crippen molar-refractivity contribution in [3.8, 4) is 11.6 Å². The van der Waals surface area contributed by atoms with Crippen LogP contribution in [0.4, 0.5) is 32.3 Å². The molecule has 0 saturated carbocycles. The molecule has 1 amide bonds. The molecule has 2 aromatic carbocycles. The molecule has 0 atom stereocenters. The number of ether oxygens (including phenoxy) is 1. The maximum Gasteiger partial charge on any atom is 0.416 e. The summed E-state index contributed by atoms with van der Waals surface area (Å²) in [6, 6.07) is 7.62. The largest absolute Gasteiger partial charge is 0.436 e. The minimum absolute atomic E-state index is 0.0313. The van der Waals surface area contributed by atoms with Crippen molar-refractivity contribution in [2.45, 2.75) is 18.9 Å². The van der Waals surface area contributed by atoms with E-state index in [1.807, 2.05) is 4.90 Å². The molecule has 0 radical (unpaired) electrons. The van der Waals surface area contributed by atoms with Gasteiger partial charge in [-0.25, -0.2) is 4.98 Å². The molecule has 1 aliphatic heterocycles. The molecule has 1 aromatic heterocycles. The summed E-state index contributed by atoms with van der Waals surface area (Å²) in [4.78, 5) is 24.8. The first-order valence-electron chi connectivity index (χ1n) is 11.6. The number of nitrogens with one attached hydrogen (secondary N) is 1. The first kappa shape index (κ1) is 28.4. The first-order valence-corrected chi connectivity index (χ1v) is 12.0. The number of hydrogen-bond donors (Lipinski definition) is 1. The van der Waals surface area contributed by atoms with Crippen LogP contribution in [-0.4, -0.2) is 54.0 Å². The summed E-state index contributed by atoms with van der Waals surface area (Å²) in [6.45, 7) is 2.00. The molecule has 208 valence electrons. The number of nitrogens with zero attached hydrogens (tertiary/aromatic N) is 4. The Morgan fingerprint density at radius 1 is 1.05 bits per heavy atom. The quantitative estimate of drug-likeness (QED) is 0.385. The Labute approximate surface area is 224 Å². The second-order valence-corrected chi connectivity index (χ2v) is 9.14. The van der Waals surface area contributed by atoms with E-state index < -0.39 is 35.9 Å². The van der Waals surface area contributed by atoms with Crippen molar-refractivity contribution >= 4 is 23.5 Å². The Bertz CT molecular complexity index is 1310. The van der Waals surface area contributed by atoms with Gasteiger partial charge in [-0.2, -0.15) is 31.3 Å². The minimum atomic E-state index is -5.01. The molecule has 14 heteroatoms. The number of rotatable bonds is 6. The molecule has 7 nitrogen and oxygen atoms in total. The number of para-hydroxylation sites is 1. The number of carbonyl (C=O) groups excluding carboxylic acids is 1. The Kier molecular flexibility index (Phi) is 8.21. The van der Waals surface area contributed by atoms with Crippen LogP contribution in [0.3, 0.4) is 0 Å². The van der Waals surface area contributed by atoms with Crippen LogP contribution < -0.4 is 15.0 Å². The van der Waals surface area contributed by atoms with Gasteiger partial charge in [0, 0.05) is 46.0 Å². The standard InChI is InChI=1S/C25H22ClF6N5O2/c1-36(14-15-10-16(24(27,28)29)12-17(11-15)25(30,31)32)22(38)18-13-34-23(37-8-6-33-7-9-37)35-21(18)39-20-5-3-2-4-19(20)26/h2-5,10-13,33H,6-9,14H2,1H3. The van der Waals surface area contributed by atoms with Crippen molar-refractivity contribution in [2.24, 2.45) is 0 Å². The topological polar surface area (TPSA) is 70.6 Å². The van der Waals surface area contributed by atoms with Gasteiger partial charge in [0.2, 0.25) is 11.8 Å². The average Bonchev–Trinajstić information content (AvgIpc) is 2.89. The van der Waals surface area contributed by atoms with Gasteiger partial charge in [-0.05, 0) is 35.9 Å². The fraction of sp³-hybridized carbons (Fsp3) is 0.320. The van der Waals surface area contributed by atoms with Crippen LogP contribution in [0.1, 0.15) is 27.0 Å². The zero-order chi connectivity index (χ0) is 28.4. The highest BCUT2D eigenvalue weighted by Crippen LogP contribution is 2.37. The number of benzene rings is 2. The third-order valence-electron chi connectivity index (χ3n) is 5.83. The normalized spacial score (nSPS) is 14.3. The van der Waals surface area contributed by atoms with E-state index in [0.717, 1.165) is 4.90 Å². The van der Waals surface area contributed by atoms with E-state index >= 15 is 0 Å². The third-order valence-corrected chi connectivity index (χ3v) is 6.14. The second kappa shape index (κ2) is 11.3. The molecular formula is C25H22ClF6N5O2. The van der Waals surface area contributed by atoms with E-state index in [1.54, 1.807) is 24.3 Å². The number of hydrogen-bond acceptors (Lipinski definition) is 6. The van der Waals surface area contributed by atoms with Crippen molar-refractivity contribution in [3.05, 3.63) is 75.9 Å². The maximum absolute atomic E-state index is 13.4. The molecule has 1 aliphatic rings.